The van der Waals surface area contributed by atoms with E-state index in [4.69, 9.17) is 0 Å². The van der Waals surface area contributed by atoms with Gasteiger partial charge in [-0.05, 0) is 43.2 Å². The molecule has 3 rings (SSSR count). The van der Waals surface area contributed by atoms with Gasteiger partial charge in [-0.15, -0.1) is 0 Å². The van der Waals surface area contributed by atoms with Crippen LogP contribution in [0.1, 0.15) is 18.5 Å². The summed E-state index contributed by atoms with van der Waals surface area (Å²) in [5, 5.41) is 4.37. The molecular formula is C15H16FN3O. The van der Waals surface area contributed by atoms with E-state index in [1.54, 1.807) is 23.0 Å². The zero-order chi connectivity index (χ0) is 13.9. The number of nitrogens with zero attached hydrogens (tertiary/aromatic N) is 3. The number of hydrogen-bond acceptors (Lipinski definition) is 2. The maximum absolute atomic E-state index is 12.9. The molecule has 20 heavy (non-hydrogen) atoms. The first kappa shape index (κ1) is 12.8. The summed E-state index contributed by atoms with van der Waals surface area (Å²) in [5.41, 5.74) is 1.53. The lowest BCUT2D eigenvalue weighted by Gasteiger charge is -2.13. The van der Waals surface area contributed by atoms with Gasteiger partial charge in [0.2, 0.25) is 5.91 Å². The molecule has 1 amide bonds. The molecule has 0 spiro atoms. The smallest absolute Gasteiger partial charge is 0.228 e. The Balaban J connectivity index is 1.70. The number of benzene rings is 1. The summed E-state index contributed by atoms with van der Waals surface area (Å²) in [6.45, 7) is 1.72. The van der Waals surface area contributed by atoms with Crippen molar-refractivity contribution in [2.75, 3.05) is 13.1 Å². The van der Waals surface area contributed by atoms with Crippen molar-refractivity contribution in [3.05, 3.63) is 48.0 Å². The number of halogens is 1. The van der Waals surface area contributed by atoms with Gasteiger partial charge in [0, 0.05) is 19.3 Å². The number of aromatic nitrogens is 2. The van der Waals surface area contributed by atoms with Gasteiger partial charge in [-0.3, -0.25) is 4.79 Å². The first-order valence-corrected chi connectivity index (χ1v) is 6.81. The zero-order valence-electron chi connectivity index (χ0n) is 11.1. The lowest BCUT2D eigenvalue weighted by atomic mass is 10.3. The van der Waals surface area contributed by atoms with Crippen LogP contribution in [0.5, 0.6) is 0 Å². The molecule has 0 radical (unpaired) electrons. The van der Waals surface area contributed by atoms with E-state index in [2.05, 4.69) is 5.10 Å². The van der Waals surface area contributed by atoms with Crippen LogP contribution >= 0.6 is 0 Å². The Labute approximate surface area is 116 Å². The lowest BCUT2D eigenvalue weighted by Crippen LogP contribution is -2.29. The van der Waals surface area contributed by atoms with E-state index >= 15 is 0 Å². The highest BCUT2D eigenvalue weighted by atomic mass is 19.1. The van der Waals surface area contributed by atoms with Crippen LogP contribution in [0.25, 0.3) is 5.69 Å². The Bertz CT molecular complexity index is 600. The number of likely N-dealkylation sites (tertiary alicyclic amines) is 1. The molecule has 0 aliphatic carbocycles. The monoisotopic (exact) mass is 273 g/mol. The van der Waals surface area contributed by atoms with Gasteiger partial charge in [-0.2, -0.15) is 5.10 Å². The molecule has 104 valence electrons. The molecule has 2 heterocycles. The molecule has 0 N–H and O–H groups in total. The summed E-state index contributed by atoms with van der Waals surface area (Å²) in [5.74, 6) is -0.141. The van der Waals surface area contributed by atoms with Crippen molar-refractivity contribution in [2.45, 2.75) is 19.3 Å². The first-order valence-electron chi connectivity index (χ1n) is 6.81. The molecule has 1 aromatic heterocycles. The average Bonchev–Trinajstić information content (AvgIpc) is 3.10. The van der Waals surface area contributed by atoms with Gasteiger partial charge in [-0.1, -0.05) is 0 Å². The maximum atomic E-state index is 12.9. The Morgan fingerprint density at radius 3 is 2.55 bits per heavy atom. The van der Waals surface area contributed by atoms with Crippen molar-refractivity contribution in [1.82, 2.24) is 14.7 Å². The molecule has 5 heteroatoms. The van der Waals surface area contributed by atoms with Crippen molar-refractivity contribution in [1.29, 1.82) is 0 Å². The maximum Gasteiger partial charge on any atom is 0.228 e. The van der Waals surface area contributed by atoms with E-state index in [1.165, 1.54) is 12.1 Å². The van der Waals surface area contributed by atoms with Crippen LogP contribution < -0.4 is 0 Å². The van der Waals surface area contributed by atoms with Gasteiger partial charge >= 0.3 is 0 Å². The third kappa shape index (κ3) is 2.71. The largest absolute Gasteiger partial charge is 0.342 e. The van der Waals surface area contributed by atoms with Crippen molar-refractivity contribution in [3.8, 4) is 5.69 Å². The van der Waals surface area contributed by atoms with E-state index in [-0.39, 0.29) is 11.7 Å². The van der Waals surface area contributed by atoms with Crippen molar-refractivity contribution in [2.24, 2.45) is 0 Å². The fraction of sp³-hybridized carbons (Fsp3) is 0.333. The Morgan fingerprint density at radius 1 is 1.15 bits per heavy atom. The fourth-order valence-electron chi connectivity index (χ4n) is 2.43. The molecule has 1 aliphatic rings. The van der Waals surface area contributed by atoms with Crippen LogP contribution in [0.15, 0.2) is 36.5 Å². The standard InChI is InChI=1S/C15H16FN3O/c16-12-3-5-14(6-4-12)19-10-7-13(17-19)11-15(20)18-8-1-2-9-18/h3-7,10H,1-2,8-9,11H2. The first-order chi connectivity index (χ1) is 9.72. The molecule has 0 atom stereocenters. The minimum Gasteiger partial charge on any atom is -0.342 e. The van der Waals surface area contributed by atoms with E-state index in [9.17, 15) is 9.18 Å². The zero-order valence-corrected chi connectivity index (χ0v) is 11.1. The van der Waals surface area contributed by atoms with Crippen LogP contribution in [-0.2, 0) is 11.2 Å². The quantitative estimate of drug-likeness (QED) is 0.859. The molecule has 1 saturated heterocycles. The van der Waals surface area contributed by atoms with Crippen LogP contribution in [0.2, 0.25) is 0 Å². The molecule has 0 saturated carbocycles. The second-order valence-corrected chi connectivity index (χ2v) is 4.99. The predicted molar refractivity (Wildman–Crippen MR) is 73.0 cm³/mol. The topological polar surface area (TPSA) is 38.1 Å². The van der Waals surface area contributed by atoms with Crippen LogP contribution in [0, 0.1) is 5.82 Å². The summed E-state index contributed by atoms with van der Waals surface area (Å²) < 4.78 is 14.5. The van der Waals surface area contributed by atoms with E-state index < -0.39 is 0 Å². The Kier molecular flexibility index (Phi) is 3.50. The van der Waals surface area contributed by atoms with Crippen LogP contribution in [0.4, 0.5) is 4.39 Å². The second kappa shape index (κ2) is 5.45. The van der Waals surface area contributed by atoms with Gasteiger partial charge in [0.15, 0.2) is 0 Å². The normalized spacial score (nSPS) is 14.8. The number of hydrogen-bond donors (Lipinski definition) is 0. The highest BCUT2D eigenvalue weighted by molar-refractivity contribution is 5.78. The van der Waals surface area contributed by atoms with Gasteiger partial charge < -0.3 is 4.90 Å². The average molecular weight is 273 g/mol. The number of carbonyl (C=O) groups is 1. The number of carbonyl (C=O) groups excluding carboxylic acids is 1. The summed E-state index contributed by atoms with van der Waals surface area (Å²) in [7, 11) is 0. The summed E-state index contributed by atoms with van der Waals surface area (Å²) in [6.07, 6.45) is 4.31. The molecule has 1 aliphatic heterocycles. The Hall–Kier alpha value is -2.17. The molecule has 4 nitrogen and oxygen atoms in total. The van der Waals surface area contributed by atoms with E-state index in [0.29, 0.717) is 6.42 Å². The second-order valence-electron chi connectivity index (χ2n) is 4.99. The fourth-order valence-corrected chi connectivity index (χ4v) is 2.43. The summed E-state index contributed by atoms with van der Waals surface area (Å²) in [6, 6.07) is 7.94. The van der Waals surface area contributed by atoms with Crippen molar-refractivity contribution < 1.29 is 9.18 Å². The molecule has 0 unspecified atom stereocenters. The minimum absolute atomic E-state index is 0.131. The van der Waals surface area contributed by atoms with Gasteiger partial charge in [0.1, 0.15) is 5.82 Å². The molecular weight excluding hydrogens is 257 g/mol. The van der Waals surface area contributed by atoms with E-state index in [0.717, 1.165) is 37.3 Å². The van der Waals surface area contributed by atoms with Crippen LogP contribution in [-0.4, -0.2) is 33.7 Å². The number of rotatable bonds is 3. The minimum atomic E-state index is -0.273. The molecule has 1 aromatic carbocycles. The molecule has 2 aromatic rings. The highest BCUT2D eigenvalue weighted by Gasteiger charge is 2.18. The molecule has 0 bridgehead atoms. The van der Waals surface area contributed by atoms with Crippen LogP contribution in [0.3, 0.4) is 0 Å². The van der Waals surface area contributed by atoms with Gasteiger partial charge in [0.25, 0.3) is 0 Å². The summed E-state index contributed by atoms with van der Waals surface area (Å²) >= 11 is 0. The SMILES string of the molecule is O=C(Cc1ccn(-c2ccc(F)cc2)n1)N1CCCC1. The highest BCUT2D eigenvalue weighted by Crippen LogP contribution is 2.12. The van der Waals surface area contributed by atoms with E-state index in [1.807, 2.05) is 11.0 Å². The Morgan fingerprint density at radius 2 is 1.85 bits per heavy atom. The van der Waals surface area contributed by atoms with Crippen molar-refractivity contribution >= 4 is 5.91 Å². The van der Waals surface area contributed by atoms with Crippen molar-refractivity contribution in [3.63, 3.8) is 0 Å². The predicted octanol–water partition coefficient (Wildman–Crippen LogP) is 2.18. The third-order valence-electron chi connectivity index (χ3n) is 3.53. The van der Waals surface area contributed by atoms with Gasteiger partial charge in [-0.25, -0.2) is 9.07 Å². The molecule has 1 fully saturated rings. The summed E-state index contributed by atoms with van der Waals surface area (Å²) in [4.78, 5) is 13.9. The van der Waals surface area contributed by atoms with Gasteiger partial charge in [0.05, 0.1) is 17.8 Å². The lowest BCUT2D eigenvalue weighted by molar-refractivity contribution is -0.129. The number of amides is 1. The third-order valence-corrected chi connectivity index (χ3v) is 3.53.